The third-order valence-electron chi connectivity index (χ3n) is 4.40. The van der Waals surface area contributed by atoms with E-state index in [9.17, 15) is 4.79 Å². The number of carbonyl (C=O) groups excluding carboxylic acids is 1. The molecule has 0 radical (unpaired) electrons. The molecule has 1 atom stereocenters. The number of carbonyl (C=O) groups is 1. The van der Waals surface area contributed by atoms with E-state index in [-0.39, 0.29) is 5.91 Å². The van der Waals surface area contributed by atoms with Gasteiger partial charge in [0.15, 0.2) is 6.10 Å². The minimum absolute atomic E-state index is 0.149. The van der Waals surface area contributed by atoms with Crippen LogP contribution < -0.4 is 20.3 Å². The topological polar surface area (TPSA) is 79.4 Å². The molecule has 1 fully saturated rings. The highest BCUT2D eigenvalue weighted by Crippen LogP contribution is 2.19. The number of hydrogen-bond donors (Lipinski definition) is 2. The van der Waals surface area contributed by atoms with Gasteiger partial charge in [0.2, 0.25) is 5.95 Å². The van der Waals surface area contributed by atoms with Crippen LogP contribution >= 0.6 is 0 Å². The van der Waals surface area contributed by atoms with Crippen LogP contribution in [-0.4, -0.2) is 48.2 Å². The van der Waals surface area contributed by atoms with Crippen LogP contribution in [0, 0.1) is 6.92 Å². The zero-order valence-corrected chi connectivity index (χ0v) is 15.9. The first-order chi connectivity index (χ1) is 13.1. The number of nitrogens with one attached hydrogen (secondary N) is 2. The van der Waals surface area contributed by atoms with E-state index in [0.29, 0.717) is 24.8 Å². The van der Waals surface area contributed by atoms with Crippen LogP contribution in [0.2, 0.25) is 0 Å². The predicted octanol–water partition coefficient (Wildman–Crippen LogP) is 2.38. The van der Waals surface area contributed by atoms with E-state index in [2.05, 4.69) is 25.5 Å². The van der Waals surface area contributed by atoms with Gasteiger partial charge in [-0.2, -0.15) is 4.98 Å². The Morgan fingerprint density at radius 1 is 1.19 bits per heavy atom. The van der Waals surface area contributed by atoms with E-state index in [1.54, 1.807) is 6.92 Å². The van der Waals surface area contributed by atoms with Gasteiger partial charge in [0.05, 0.1) is 0 Å². The summed E-state index contributed by atoms with van der Waals surface area (Å²) in [7, 11) is 0. The highest BCUT2D eigenvalue weighted by Gasteiger charge is 2.16. The monoisotopic (exact) mass is 369 g/mol. The van der Waals surface area contributed by atoms with Crippen LogP contribution in [0.4, 0.5) is 11.8 Å². The lowest BCUT2D eigenvalue weighted by molar-refractivity contribution is -0.127. The van der Waals surface area contributed by atoms with Crippen molar-refractivity contribution >= 4 is 17.7 Å². The lowest BCUT2D eigenvalue weighted by Crippen LogP contribution is -2.38. The predicted molar refractivity (Wildman–Crippen MR) is 106 cm³/mol. The van der Waals surface area contributed by atoms with Crippen molar-refractivity contribution in [1.82, 2.24) is 15.3 Å². The molecule has 0 aliphatic carbocycles. The first-order valence-electron chi connectivity index (χ1n) is 9.46. The van der Waals surface area contributed by atoms with E-state index >= 15 is 0 Å². The number of aryl methyl sites for hydroxylation is 1. The lowest BCUT2D eigenvalue weighted by atomic mass is 10.3. The number of hydrogen-bond acceptors (Lipinski definition) is 6. The molecule has 1 amide bonds. The average molecular weight is 369 g/mol. The Labute approximate surface area is 160 Å². The molecule has 2 heterocycles. The maximum absolute atomic E-state index is 12.1. The van der Waals surface area contributed by atoms with E-state index in [4.69, 9.17) is 4.74 Å². The van der Waals surface area contributed by atoms with E-state index in [0.717, 1.165) is 24.6 Å². The minimum Gasteiger partial charge on any atom is -0.481 e. The Morgan fingerprint density at radius 2 is 1.93 bits per heavy atom. The second-order valence-corrected chi connectivity index (χ2v) is 6.68. The van der Waals surface area contributed by atoms with E-state index in [1.165, 1.54) is 12.8 Å². The summed E-state index contributed by atoms with van der Waals surface area (Å²) in [6.07, 6.45) is 1.87. The van der Waals surface area contributed by atoms with Crippen LogP contribution in [0.5, 0.6) is 5.75 Å². The number of nitrogens with zero attached hydrogens (tertiary/aromatic N) is 3. The molecule has 1 aliphatic rings. The summed E-state index contributed by atoms with van der Waals surface area (Å²) in [6.45, 7) is 6.82. The van der Waals surface area contributed by atoms with Crippen LogP contribution in [-0.2, 0) is 4.79 Å². The van der Waals surface area contributed by atoms with Crippen molar-refractivity contribution in [3.05, 3.63) is 42.1 Å². The Kier molecular flexibility index (Phi) is 6.46. The van der Waals surface area contributed by atoms with Gasteiger partial charge in [-0.05, 0) is 38.8 Å². The molecule has 27 heavy (non-hydrogen) atoms. The van der Waals surface area contributed by atoms with Crippen LogP contribution in [0.3, 0.4) is 0 Å². The smallest absolute Gasteiger partial charge is 0.260 e. The standard InChI is InChI=1S/C20H27N5O2/c1-15-14-18(25-12-6-7-13-25)24-20(23-15)22-11-10-21-19(26)16(2)27-17-8-4-3-5-9-17/h3-5,8-9,14,16H,6-7,10-13H2,1-2H3,(H,21,26)(H,22,23,24). The number of anilines is 2. The molecule has 1 aliphatic heterocycles. The van der Waals surface area contributed by atoms with Crippen molar-refractivity contribution in [2.24, 2.45) is 0 Å². The van der Waals surface area contributed by atoms with Gasteiger partial charge < -0.3 is 20.3 Å². The largest absolute Gasteiger partial charge is 0.481 e. The molecular weight excluding hydrogens is 342 g/mol. The Morgan fingerprint density at radius 3 is 2.67 bits per heavy atom. The highest BCUT2D eigenvalue weighted by molar-refractivity contribution is 5.80. The van der Waals surface area contributed by atoms with Crippen molar-refractivity contribution in [3.63, 3.8) is 0 Å². The molecule has 7 heteroatoms. The molecule has 3 rings (SSSR count). The summed E-state index contributed by atoms with van der Waals surface area (Å²) in [4.78, 5) is 23.4. The molecule has 1 aromatic carbocycles. The first kappa shape index (κ1) is 18.9. The lowest BCUT2D eigenvalue weighted by Gasteiger charge is -2.18. The molecule has 0 saturated carbocycles. The minimum atomic E-state index is -0.551. The van der Waals surface area contributed by atoms with Gasteiger partial charge in [-0.3, -0.25) is 4.79 Å². The van der Waals surface area contributed by atoms with Gasteiger partial charge in [0.1, 0.15) is 11.6 Å². The maximum atomic E-state index is 12.1. The Hall–Kier alpha value is -2.83. The van der Waals surface area contributed by atoms with Gasteiger partial charge in [-0.15, -0.1) is 0 Å². The molecule has 1 saturated heterocycles. The average Bonchev–Trinajstić information content (AvgIpc) is 3.20. The SMILES string of the molecule is Cc1cc(N2CCCC2)nc(NCCNC(=O)C(C)Oc2ccccc2)n1. The van der Waals surface area contributed by atoms with Gasteiger partial charge in [0, 0.05) is 37.9 Å². The summed E-state index contributed by atoms with van der Waals surface area (Å²) in [5.74, 6) is 2.10. The highest BCUT2D eigenvalue weighted by atomic mass is 16.5. The van der Waals surface area contributed by atoms with E-state index in [1.807, 2.05) is 43.3 Å². The summed E-state index contributed by atoms with van der Waals surface area (Å²) >= 11 is 0. The zero-order chi connectivity index (χ0) is 19.1. The van der Waals surface area contributed by atoms with Crippen LogP contribution in [0.25, 0.3) is 0 Å². The van der Waals surface area contributed by atoms with Crippen molar-refractivity contribution < 1.29 is 9.53 Å². The van der Waals surface area contributed by atoms with Gasteiger partial charge in [0.25, 0.3) is 5.91 Å². The van der Waals surface area contributed by atoms with Crippen LogP contribution in [0.1, 0.15) is 25.5 Å². The Bertz CT molecular complexity index is 747. The second kappa shape index (κ2) is 9.21. The summed E-state index contributed by atoms with van der Waals surface area (Å²) in [5, 5.41) is 6.05. The van der Waals surface area contributed by atoms with Crippen molar-refractivity contribution in [2.45, 2.75) is 32.8 Å². The van der Waals surface area contributed by atoms with Crippen LogP contribution in [0.15, 0.2) is 36.4 Å². The molecule has 2 N–H and O–H groups in total. The Balaban J connectivity index is 1.43. The number of rotatable bonds is 8. The molecule has 1 aromatic heterocycles. The molecule has 7 nitrogen and oxygen atoms in total. The number of benzene rings is 1. The summed E-state index contributed by atoms with van der Waals surface area (Å²) < 4.78 is 5.62. The second-order valence-electron chi connectivity index (χ2n) is 6.68. The molecule has 144 valence electrons. The number of amides is 1. The first-order valence-corrected chi connectivity index (χ1v) is 9.46. The third kappa shape index (κ3) is 5.57. The fraction of sp³-hybridized carbons (Fsp3) is 0.450. The van der Waals surface area contributed by atoms with Crippen molar-refractivity contribution in [2.75, 3.05) is 36.4 Å². The van der Waals surface area contributed by atoms with Gasteiger partial charge in [-0.25, -0.2) is 4.98 Å². The molecule has 2 aromatic rings. The quantitative estimate of drug-likeness (QED) is 0.696. The summed E-state index contributed by atoms with van der Waals surface area (Å²) in [5.41, 5.74) is 0.934. The molecular formula is C20H27N5O2. The molecule has 1 unspecified atom stereocenters. The number of para-hydroxylation sites is 1. The fourth-order valence-corrected chi connectivity index (χ4v) is 3.00. The zero-order valence-electron chi connectivity index (χ0n) is 15.9. The number of ether oxygens (including phenoxy) is 1. The summed E-state index contributed by atoms with van der Waals surface area (Å²) in [6, 6.07) is 11.3. The van der Waals surface area contributed by atoms with Crippen molar-refractivity contribution in [1.29, 1.82) is 0 Å². The maximum Gasteiger partial charge on any atom is 0.260 e. The van der Waals surface area contributed by atoms with E-state index < -0.39 is 6.10 Å². The van der Waals surface area contributed by atoms with Gasteiger partial charge >= 0.3 is 0 Å². The fourth-order valence-electron chi connectivity index (χ4n) is 3.00. The third-order valence-corrected chi connectivity index (χ3v) is 4.40. The molecule has 0 bridgehead atoms. The van der Waals surface area contributed by atoms with Crippen molar-refractivity contribution in [3.8, 4) is 5.75 Å². The number of aromatic nitrogens is 2. The molecule has 0 spiro atoms. The van der Waals surface area contributed by atoms with Gasteiger partial charge in [-0.1, -0.05) is 18.2 Å². The normalized spacial score (nSPS) is 14.7.